The molecule has 7 nitrogen and oxygen atoms in total. The summed E-state index contributed by atoms with van der Waals surface area (Å²) in [5.74, 6) is -0.497. The number of benzene rings is 1. The van der Waals surface area contributed by atoms with Gasteiger partial charge < -0.3 is 10.2 Å². The first-order valence-electron chi connectivity index (χ1n) is 9.05. The molecule has 0 spiro atoms. The van der Waals surface area contributed by atoms with E-state index in [-0.39, 0.29) is 23.5 Å². The first-order valence-corrected chi connectivity index (χ1v) is 9.87. The standard InChI is InChI=1S/C18H20FN5O2S/c19-13-5-7-14(8-6-13)20-16(26)12-3-1-9-23(11-12)17-21-22-18(27-17)24-10-2-4-15(24)25/h5-8,12H,1-4,9-11H2,(H,20,26). The molecule has 142 valence electrons. The van der Waals surface area contributed by atoms with Gasteiger partial charge in [-0.2, -0.15) is 0 Å². The van der Waals surface area contributed by atoms with Gasteiger partial charge in [-0.1, -0.05) is 11.3 Å². The highest BCUT2D eigenvalue weighted by Crippen LogP contribution is 2.32. The number of anilines is 3. The molecule has 1 N–H and O–H groups in total. The second-order valence-corrected chi connectivity index (χ2v) is 7.73. The van der Waals surface area contributed by atoms with Crippen LogP contribution in [0.5, 0.6) is 0 Å². The lowest BCUT2D eigenvalue weighted by molar-refractivity contribution is -0.120. The number of piperidine rings is 1. The Morgan fingerprint density at radius 3 is 2.67 bits per heavy atom. The highest BCUT2D eigenvalue weighted by atomic mass is 32.1. The summed E-state index contributed by atoms with van der Waals surface area (Å²) in [4.78, 5) is 28.2. The minimum atomic E-state index is -0.333. The quantitative estimate of drug-likeness (QED) is 0.870. The van der Waals surface area contributed by atoms with Gasteiger partial charge >= 0.3 is 0 Å². The zero-order valence-electron chi connectivity index (χ0n) is 14.7. The fourth-order valence-corrected chi connectivity index (χ4v) is 4.36. The number of carbonyl (C=O) groups excluding carboxylic acids is 2. The van der Waals surface area contributed by atoms with E-state index in [9.17, 15) is 14.0 Å². The number of nitrogens with one attached hydrogen (secondary N) is 1. The molecule has 0 radical (unpaired) electrons. The van der Waals surface area contributed by atoms with Crippen molar-refractivity contribution in [3.8, 4) is 0 Å². The van der Waals surface area contributed by atoms with Gasteiger partial charge in [0.25, 0.3) is 0 Å². The molecule has 3 heterocycles. The summed E-state index contributed by atoms with van der Waals surface area (Å²) in [5.41, 5.74) is 0.587. The van der Waals surface area contributed by atoms with E-state index in [1.807, 2.05) is 0 Å². The molecule has 9 heteroatoms. The lowest BCUT2D eigenvalue weighted by atomic mass is 9.97. The molecule has 4 rings (SSSR count). The highest BCUT2D eigenvalue weighted by Gasteiger charge is 2.30. The predicted molar refractivity (Wildman–Crippen MR) is 101 cm³/mol. The number of halogens is 1. The van der Waals surface area contributed by atoms with E-state index in [1.54, 1.807) is 17.0 Å². The van der Waals surface area contributed by atoms with Crippen LogP contribution in [-0.4, -0.2) is 41.6 Å². The van der Waals surface area contributed by atoms with Crippen molar-refractivity contribution in [2.24, 2.45) is 5.92 Å². The van der Waals surface area contributed by atoms with Crippen molar-refractivity contribution in [2.75, 3.05) is 34.8 Å². The summed E-state index contributed by atoms with van der Waals surface area (Å²) in [5, 5.41) is 12.6. The fourth-order valence-electron chi connectivity index (χ4n) is 3.44. The molecule has 2 aromatic rings. The van der Waals surface area contributed by atoms with Gasteiger partial charge in [-0.15, -0.1) is 10.2 Å². The van der Waals surface area contributed by atoms with Gasteiger partial charge in [-0.05, 0) is 43.5 Å². The Morgan fingerprint density at radius 2 is 1.93 bits per heavy atom. The molecule has 1 aromatic heterocycles. The van der Waals surface area contributed by atoms with E-state index in [2.05, 4.69) is 20.4 Å². The summed E-state index contributed by atoms with van der Waals surface area (Å²) in [7, 11) is 0. The number of hydrogen-bond donors (Lipinski definition) is 1. The maximum Gasteiger partial charge on any atom is 0.229 e. The van der Waals surface area contributed by atoms with Crippen molar-refractivity contribution in [1.82, 2.24) is 10.2 Å². The van der Waals surface area contributed by atoms with Crippen molar-refractivity contribution in [2.45, 2.75) is 25.7 Å². The third-order valence-corrected chi connectivity index (χ3v) is 5.89. The molecule has 1 unspecified atom stereocenters. The SMILES string of the molecule is O=C(Nc1ccc(F)cc1)C1CCCN(c2nnc(N3CCCC3=O)s2)C1. The number of aromatic nitrogens is 2. The maximum atomic E-state index is 13.0. The lowest BCUT2D eigenvalue weighted by Gasteiger charge is -2.31. The summed E-state index contributed by atoms with van der Waals surface area (Å²) < 4.78 is 13.0. The number of carbonyl (C=O) groups is 2. The smallest absolute Gasteiger partial charge is 0.229 e. The van der Waals surface area contributed by atoms with Crippen molar-refractivity contribution < 1.29 is 14.0 Å². The van der Waals surface area contributed by atoms with Gasteiger partial charge in [0.1, 0.15) is 5.82 Å². The number of nitrogens with zero attached hydrogens (tertiary/aromatic N) is 4. The van der Waals surface area contributed by atoms with Crippen LogP contribution in [-0.2, 0) is 9.59 Å². The lowest BCUT2D eigenvalue weighted by Crippen LogP contribution is -2.40. The van der Waals surface area contributed by atoms with Crippen LogP contribution in [0.4, 0.5) is 20.3 Å². The van der Waals surface area contributed by atoms with Crippen molar-refractivity contribution in [1.29, 1.82) is 0 Å². The Morgan fingerprint density at radius 1 is 1.15 bits per heavy atom. The zero-order chi connectivity index (χ0) is 18.8. The van der Waals surface area contributed by atoms with Crippen molar-refractivity contribution in [3.05, 3.63) is 30.1 Å². The topological polar surface area (TPSA) is 78.4 Å². The Hall–Kier alpha value is -2.55. The predicted octanol–water partition coefficient (Wildman–Crippen LogP) is 2.66. The second kappa shape index (κ2) is 7.59. The molecule has 1 aromatic carbocycles. The average molecular weight is 389 g/mol. The van der Waals surface area contributed by atoms with E-state index >= 15 is 0 Å². The molecule has 27 heavy (non-hydrogen) atoms. The molecular formula is C18H20FN5O2S. The van der Waals surface area contributed by atoms with Crippen LogP contribution in [0.1, 0.15) is 25.7 Å². The van der Waals surface area contributed by atoms with Crippen molar-refractivity contribution >= 4 is 39.1 Å². The molecular weight excluding hydrogens is 369 g/mol. The summed E-state index contributed by atoms with van der Waals surface area (Å²) in [6, 6.07) is 5.76. The van der Waals surface area contributed by atoms with Crippen LogP contribution in [0.2, 0.25) is 0 Å². The summed E-state index contributed by atoms with van der Waals surface area (Å²) in [6.45, 7) is 2.05. The van der Waals surface area contributed by atoms with Crippen LogP contribution in [0.15, 0.2) is 24.3 Å². The van der Waals surface area contributed by atoms with E-state index in [0.29, 0.717) is 30.3 Å². The van der Waals surface area contributed by atoms with Crippen LogP contribution in [0.3, 0.4) is 0 Å². The van der Waals surface area contributed by atoms with Gasteiger partial charge in [0.05, 0.1) is 5.92 Å². The number of amides is 2. The van der Waals surface area contributed by atoms with E-state index in [1.165, 1.54) is 23.5 Å². The normalized spacial score (nSPS) is 20.2. The Labute approximate surface area is 160 Å². The number of hydrogen-bond acceptors (Lipinski definition) is 6. The molecule has 0 saturated carbocycles. The molecule has 0 bridgehead atoms. The third kappa shape index (κ3) is 3.92. The minimum absolute atomic E-state index is 0.0780. The van der Waals surface area contributed by atoms with Gasteiger partial charge in [-0.25, -0.2) is 4.39 Å². The molecule has 2 aliphatic heterocycles. The molecule has 0 aliphatic carbocycles. The van der Waals surface area contributed by atoms with E-state index in [4.69, 9.17) is 0 Å². The summed E-state index contributed by atoms with van der Waals surface area (Å²) in [6.07, 6.45) is 3.08. The maximum absolute atomic E-state index is 13.0. The monoisotopic (exact) mass is 389 g/mol. The zero-order valence-corrected chi connectivity index (χ0v) is 15.5. The Kier molecular flexibility index (Phi) is 5.02. The first-order chi connectivity index (χ1) is 13.1. The van der Waals surface area contributed by atoms with Gasteiger partial charge in [-0.3, -0.25) is 14.5 Å². The molecule has 1 atom stereocenters. The van der Waals surface area contributed by atoms with Crippen LogP contribution >= 0.6 is 11.3 Å². The van der Waals surface area contributed by atoms with E-state index < -0.39 is 0 Å². The highest BCUT2D eigenvalue weighted by molar-refractivity contribution is 7.19. The fraction of sp³-hybridized carbons (Fsp3) is 0.444. The molecule has 2 fully saturated rings. The van der Waals surface area contributed by atoms with Gasteiger partial charge in [0, 0.05) is 31.7 Å². The number of rotatable bonds is 4. The average Bonchev–Trinajstić information content (AvgIpc) is 3.32. The second-order valence-electron chi connectivity index (χ2n) is 6.80. The molecule has 2 amide bonds. The Bertz CT molecular complexity index is 841. The van der Waals surface area contributed by atoms with Crippen LogP contribution in [0, 0.1) is 11.7 Å². The summed E-state index contributed by atoms with van der Waals surface area (Å²) >= 11 is 1.40. The third-order valence-electron chi connectivity index (χ3n) is 4.88. The Balaban J connectivity index is 1.40. The van der Waals surface area contributed by atoms with Crippen molar-refractivity contribution in [3.63, 3.8) is 0 Å². The van der Waals surface area contributed by atoms with E-state index in [0.717, 1.165) is 30.9 Å². The largest absolute Gasteiger partial charge is 0.346 e. The first kappa shape index (κ1) is 17.8. The van der Waals surface area contributed by atoms with Gasteiger partial charge in [0.15, 0.2) is 0 Å². The van der Waals surface area contributed by atoms with Gasteiger partial charge in [0.2, 0.25) is 22.1 Å². The molecule has 2 aliphatic rings. The molecule has 2 saturated heterocycles. The minimum Gasteiger partial charge on any atom is -0.346 e. The van der Waals surface area contributed by atoms with Crippen LogP contribution in [0.25, 0.3) is 0 Å². The van der Waals surface area contributed by atoms with Crippen LogP contribution < -0.4 is 15.1 Å².